The number of aliphatic carboxylic acids is 1. The Hall–Kier alpha value is -2.77. The molecule has 3 heterocycles. The molecule has 4 rings (SSSR count). The molecule has 1 aromatic heterocycles. The molecule has 8 heteroatoms. The van der Waals surface area contributed by atoms with E-state index in [1.54, 1.807) is 18.0 Å². The molecule has 142 valence electrons. The van der Waals surface area contributed by atoms with Gasteiger partial charge < -0.3 is 14.9 Å². The molecular weight excluding hydrogens is 356 g/mol. The van der Waals surface area contributed by atoms with Gasteiger partial charge in [0.25, 0.3) is 0 Å². The number of nitrogens with zero attached hydrogens (tertiary/aromatic N) is 3. The van der Waals surface area contributed by atoms with Crippen LogP contribution >= 0.6 is 0 Å². The smallest absolute Gasteiger partial charge is 0.309 e. The van der Waals surface area contributed by atoms with Crippen molar-refractivity contribution >= 4 is 28.5 Å². The molecule has 1 amide bonds. The molecule has 1 atom stereocenters. The molecule has 0 aliphatic carbocycles. The lowest BCUT2D eigenvalue weighted by atomic mass is 9.77. The van der Waals surface area contributed by atoms with E-state index in [0.717, 1.165) is 6.07 Å². The summed E-state index contributed by atoms with van der Waals surface area (Å²) in [6, 6.07) is 3.77. The zero-order valence-electron chi connectivity index (χ0n) is 14.8. The number of halogens is 2. The Morgan fingerprint density at radius 1 is 1.30 bits per heavy atom. The SMILES string of the molecule is CN1C(=O)CC(C(=O)O)C12CCN(c1ccnc3c(F)cc(F)cc13)CC2. The molecule has 2 saturated heterocycles. The summed E-state index contributed by atoms with van der Waals surface area (Å²) >= 11 is 0. The van der Waals surface area contributed by atoms with Gasteiger partial charge in [0.15, 0.2) is 5.82 Å². The summed E-state index contributed by atoms with van der Waals surface area (Å²) in [5, 5.41) is 9.95. The first-order valence-corrected chi connectivity index (χ1v) is 8.82. The zero-order valence-corrected chi connectivity index (χ0v) is 14.8. The fourth-order valence-electron chi connectivity index (χ4n) is 4.56. The number of likely N-dealkylation sites (tertiary alicyclic amines) is 1. The van der Waals surface area contributed by atoms with E-state index in [9.17, 15) is 23.5 Å². The molecule has 2 aromatic rings. The Morgan fingerprint density at radius 3 is 2.67 bits per heavy atom. The molecule has 0 bridgehead atoms. The Morgan fingerprint density at radius 2 is 2.00 bits per heavy atom. The van der Waals surface area contributed by atoms with Gasteiger partial charge in [-0.25, -0.2) is 8.78 Å². The number of aromatic nitrogens is 1. The van der Waals surface area contributed by atoms with Crippen molar-refractivity contribution in [2.45, 2.75) is 24.8 Å². The van der Waals surface area contributed by atoms with Crippen molar-refractivity contribution in [3.63, 3.8) is 0 Å². The second-order valence-electron chi connectivity index (χ2n) is 7.25. The summed E-state index contributed by atoms with van der Waals surface area (Å²) in [5.74, 6) is -3.24. The quantitative estimate of drug-likeness (QED) is 0.873. The monoisotopic (exact) mass is 375 g/mol. The maximum atomic E-state index is 14.0. The van der Waals surface area contributed by atoms with Crippen molar-refractivity contribution in [2.24, 2.45) is 5.92 Å². The normalized spacial score (nSPS) is 22.0. The summed E-state index contributed by atoms with van der Waals surface area (Å²) in [7, 11) is 1.66. The van der Waals surface area contributed by atoms with Crippen LogP contribution in [0.4, 0.5) is 14.5 Å². The molecule has 1 N–H and O–H groups in total. The molecule has 1 spiro atoms. The number of carboxylic acid groups (broad SMARTS) is 1. The van der Waals surface area contributed by atoms with E-state index in [-0.39, 0.29) is 17.8 Å². The lowest BCUT2D eigenvalue weighted by molar-refractivity contribution is -0.145. The van der Waals surface area contributed by atoms with Gasteiger partial charge in [0.05, 0.1) is 11.5 Å². The van der Waals surface area contributed by atoms with E-state index in [1.165, 1.54) is 12.3 Å². The summed E-state index contributed by atoms with van der Waals surface area (Å²) in [4.78, 5) is 31.4. The molecule has 27 heavy (non-hydrogen) atoms. The molecule has 2 fully saturated rings. The number of hydrogen-bond acceptors (Lipinski definition) is 4. The van der Waals surface area contributed by atoms with Gasteiger partial charge in [0.1, 0.15) is 11.3 Å². The predicted octanol–water partition coefficient (Wildman–Crippen LogP) is 2.41. The molecule has 0 saturated carbocycles. The van der Waals surface area contributed by atoms with Crippen molar-refractivity contribution in [3.8, 4) is 0 Å². The second kappa shape index (κ2) is 6.14. The van der Waals surface area contributed by atoms with Crippen molar-refractivity contribution < 1.29 is 23.5 Å². The number of carbonyl (C=O) groups excluding carboxylic acids is 1. The number of rotatable bonds is 2. The van der Waals surface area contributed by atoms with Crippen LogP contribution in [0.25, 0.3) is 10.9 Å². The number of piperidine rings is 1. The van der Waals surface area contributed by atoms with Crippen LogP contribution in [0.15, 0.2) is 24.4 Å². The number of amides is 1. The van der Waals surface area contributed by atoms with E-state index in [4.69, 9.17) is 0 Å². The average molecular weight is 375 g/mol. The third kappa shape index (κ3) is 2.62. The van der Waals surface area contributed by atoms with Gasteiger partial charge in [-0.2, -0.15) is 0 Å². The fourth-order valence-corrected chi connectivity index (χ4v) is 4.56. The van der Waals surface area contributed by atoms with Crippen molar-refractivity contribution in [3.05, 3.63) is 36.0 Å². The van der Waals surface area contributed by atoms with Gasteiger partial charge in [-0.15, -0.1) is 0 Å². The van der Waals surface area contributed by atoms with Gasteiger partial charge in [-0.1, -0.05) is 0 Å². The Labute approximate surface area is 154 Å². The Balaban J connectivity index is 1.66. The highest BCUT2D eigenvalue weighted by atomic mass is 19.1. The first kappa shape index (κ1) is 17.6. The minimum absolute atomic E-state index is 0.0143. The standard InChI is InChI=1S/C19H19F2N3O3/c1-23-16(25)10-13(18(26)27)19(23)3-6-24(7-4-19)15-2-5-22-17-12(15)8-11(20)9-14(17)21/h2,5,8-9,13H,3-4,6-7,10H2,1H3,(H,26,27). The number of carboxylic acids is 1. The Kier molecular flexibility index (Phi) is 4.01. The highest BCUT2D eigenvalue weighted by Crippen LogP contribution is 2.44. The molecule has 1 aromatic carbocycles. The van der Waals surface area contributed by atoms with E-state index in [2.05, 4.69) is 4.98 Å². The molecule has 0 radical (unpaired) electrons. The maximum Gasteiger partial charge on any atom is 0.309 e. The van der Waals surface area contributed by atoms with E-state index in [0.29, 0.717) is 37.0 Å². The van der Waals surface area contributed by atoms with Crippen LogP contribution in [0.3, 0.4) is 0 Å². The van der Waals surface area contributed by atoms with Crippen LogP contribution < -0.4 is 4.90 Å². The maximum absolute atomic E-state index is 14.0. The first-order valence-electron chi connectivity index (χ1n) is 8.82. The van der Waals surface area contributed by atoms with Crippen LogP contribution in [-0.4, -0.2) is 52.5 Å². The van der Waals surface area contributed by atoms with E-state index in [1.807, 2.05) is 4.90 Å². The van der Waals surface area contributed by atoms with Crippen LogP contribution in [0.5, 0.6) is 0 Å². The number of pyridine rings is 1. The fraction of sp³-hybridized carbons (Fsp3) is 0.421. The summed E-state index contributed by atoms with van der Waals surface area (Å²) in [6.45, 7) is 0.970. The third-order valence-corrected chi connectivity index (χ3v) is 6.08. The van der Waals surface area contributed by atoms with Crippen LogP contribution in [0, 0.1) is 17.6 Å². The first-order chi connectivity index (χ1) is 12.8. The molecule has 6 nitrogen and oxygen atoms in total. The van der Waals surface area contributed by atoms with Gasteiger partial charge in [-0.05, 0) is 25.0 Å². The highest BCUT2D eigenvalue weighted by molar-refractivity contribution is 5.92. The van der Waals surface area contributed by atoms with Crippen molar-refractivity contribution in [2.75, 3.05) is 25.0 Å². The van der Waals surface area contributed by atoms with Crippen molar-refractivity contribution in [1.29, 1.82) is 0 Å². The largest absolute Gasteiger partial charge is 0.481 e. The topological polar surface area (TPSA) is 73.7 Å². The molecule has 2 aliphatic rings. The summed E-state index contributed by atoms with van der Waals surface area (Å²) in [5.41, 5.74) is 0.0523. The summed E-state index contributed by atoms with van der Waals surface area (Å²) in [6.07, 6.45) is 2.45. The molecule has 2 aliphatic heterocycles. The zero-order chi connectivity index (χ0) is 19.3. The Bertz CT molecular complexity index is 941. The summed E-state index contributed by atoms with van der Waals surface area (Å²) < 4.78 is 27.8. The third-order valence-electron chi connectivity index (χ3n) is 6.08. The van der Waals surface area contributed by atoms with Crippen LogP contribution in [-0.2, 0) is 9.59 Å². The number of hydrogen-bond donors (Lipinski definition) is 1. The van der Waals surface area contributed by atoms with Gasteiger partial charge in [0.2, 0.25) is 5.91 Å². The van der Waals surface area contributed by atoms with Crippen LogP contribution in [0.2, 0.25) is 0 Å². The number of fused-ring (bicyclic) bond motifs is 1. The van der Waals surface area contributed by atoms with E-state index < -0.39 is 29.1 Å². The van der Waals surface area contributed by atoms with Crippen molar-refractivity contribution in [1.82, 2.24) is 9.88 Å². The van der Waals surface area contributed by atoms with Gasteiger partial charge in [-0.3, -0.25) is 14.6 Å². The van der Waals surface area contributed by atoms with E-state index >= 15 is 0 Å². The minimum atomic E-state index is -0.959. The predicted molar refractivity (Wildman–Crippen MR) is 94.3 cm³/mol. The van der Waals surface area contributed by atoms with Gasteiger partial charge >= 0.3 is 5.97 Å². The number of carbonyl (C=O) groups is 2. The second-order valence-corrected chi connectivity index (χ2v) is 7.25. The minimum Gasteiger partial charge on any atom is -0.481 e. The average Bonchev–Trinajstić information content (AvgIpc) is 2.87. The molecule has 1 unspecified atom stereocenters. The number of benzene rings is 1. The van der Waals surface area contributed by atoms with Crippen LogP contribution in [0.1, 0.15) is 19.3 Å². The number of anilines is 1. The molecular formula is C19H19F2N3O3. The lowest BCUT2D eigenvalue weighted by Gasteiger charge is -2.46. The highest BCUT2D eigenvalue weighted by Gasteiger charge is 2.55. The lowest BCUT2D eigenvalue weighted by Crippen LogP contribution is -2.56. The van der Waals surface area contributed by atoms with Gasteiger partial charge in [0, 0.05) is 49.9 Å².